The lowest BCUT2D eigenvalue weighted by Gasteiger charge is -2.32. The minimum Gasteiger partial charge on any atom is -0.493 e. The number of nitrogens with one attached hydrogen (secondary N) is 1. The molecule has 0 aliphatic rings. The van der Waals surface area contributed by atoms with Crippen LogP contribution in [0.15, 0.2) is 18.2 Å². The van der Waals surface area contributed by atoms with Crippen molar-refractivity contribution in [3.05, 3.63) is 23.8 Å². The number of ether oxygens (including phenoxy) is 4. The average molecular weight is 554 g/mol. The van der Waals surface area contributed by atoms with Gasteiger partial charge in [0, 0.05) is 20.1 Å². The van der Waals surface area contributed by atoms with E-state index in [1.807, 2.05) is 32.0 Å². The lowest BCUT2D eigenvalue weighted by Crippen LogP contribution is -2.48. The monoisotopic (exact) mass is 553 g/mol. The summed E-state index contributed by atoms with van der Waals surface area (Å²) in [5, 5.41) is 23.7. The molecule has 1 amide bonds. The summed E-state index contributed by atoms with van der Waals surface area (Å²) in [6, 6.07) is 5.15. The summed E-state index contributed by atoms with van der Waals surface area (Å²) < 4.78 is 22.0. The van der Waals surface area contributed by atoms with Crippen LogP contribution in [0.25, 0.3) is 0 Å². The van der Waals surface area contributed by atoms with Crippen LogP contribution < -0.4 is 14.8 Å². The number of hydrogen-bond acceptors (Lipinski definition) is 7. The Balaban J connectivity index is 3.18. The normalized spacial score (nSPS) is 15.0. The number of aliphatic hydroxyl groups is 1. The molecule has 1 aromatic carbocycles. The molecule has 0 heterocycles. The van der Waals surface area contributed by atoms with E-state index < -0.39 is 35.7 Å². The van der Waals surface area contributed by atoms with E-state index in [1.54, 1.807) is 35.0 Å². The third-order valence-electron chi connectivity index (χ3n) is 6.76. The van der Waals surface area contributed by atoms with Gasteiger partial charge in [0.1, 0.15) is 5.60 Å². The molecular formula is C30H51NO8. The van der Waals surface area contributed by atoms with Gasteiger partial charge in [-0.05, 0) is 75.5 Å². The average Bonchev–Trinajstić information content (AvgIpc) is 2.82. The van der Waals surface area contributed by atoms with Crippen molar-refractivity contribution < 1.29 is 38.7 Å². The van der Waals surface area contributed by atoms with Crippen LogP contribution in [0.2, 0.25) is 0 Å². The largest absolute Gasteiger partial charge is 0.493 e. The highest BCUT2D eigenvalue weighted by atomic mass is 16.6. The second kappa shape index (κ2) is 16.6. The summed E-state index contributed by atoms with van der Waals surface area (Å²) in [7, 11) is 3.25. The Morgan fingerprint density at radius 1 is 0.974 bits per heavy atom. The molecule has 1 rings (SSSR count). The Hall–Kier alpha value is -2.52. The molecule has 0 aliphatic carbocycles. The first-order valence-electron chi connectivity index (χ1n) is 13.9. The number of amides is 1. The molecular weight excluding hydrogens is 502 g/mol. The van der Waals surface area contributed by atoms with E-state index >= 15 is 0 Å². The van der Waals surface area contributed by atoms with Crippen molar-refractivity contribution in [3.8, 4) is 11.5 Å². The second-order valence-corrected chi connectivity index (χ2v) is 11.9. The highest BCUT2D eigenvalue weighted by Crippen LogP contribution is 2.32. The Kier molecular flexibility index (Phi) is 14.6. The Morgan fingerprint density at radius 3 is 2.15 bits per heavy atom. The summed E-state index contributed by atoms with van der Waals surface area (Å²) in [4.78, 5) is 24.5. The minimum absolute atomic E-state index is 0.0281. The number of aliphatic hydroxyl groups excluding tert-OH is 1. The van der Waals surface area contributed by atoms with E-state index in [4.69, 9.17) is 18.9 Å². The van der Waals surface area contributed by atoms with Gasteiger partial charge >= 0.3 is 12.1 Å². The highest BCUT2D eigenvalue weighted by Gasteiger charge is 2.33. The van der Waals surface area contributed by atoms with E-state index in [9.17, 15) is 19.8 Å². The van der Waals surface area contributed by atoms with Crippen LogP contribution in [0.1, 0.15) is 73.3 Å². The molecule has 3 N–H and O–H groups in total. The van der Waals surface area contributed by atoms with Gasteiger partial charge < -0.3 is 34.5 Å². The van der Waals surface area contributed by atoms with Gasteiger partial charge in [0.05, 0.1) is 31.8 Å². The zero-order valence-corrected chi connectivity index (χ0v) is 25.3. The fourth-order valence-corrected chi connectivity index (χ4v) is 4.42. The van der Waals surface area contributed by atoms with E-state index in [1.165, 1.54) is 0 Å². The molecule has 224 valence electrons. The maximum absolute atomic E-state index is 12.7. The van der Waals surface area contributed by atoms with Gasteiger partial charge in [-0.25, -0.2) is 4.79 Å². The molecule has 9 nitrogen and oxygen atoms in total. The summed E-state index contributed by atoms with van der Waals surface area (Å²) >= 11 is 0. The molecule has 0 saturated heterocycles. The topological polar surface area (TPSA) is 124 Å². The van der Waals surface area contributed by atoms with E-state index in [-0.39, 0.29) is 24.2 Å². The van der Waals surface area contributed by atoms with Crippen molar-refractivity contribution >= 4 is 12.1 Å². The van der Waals surface area contributed by atoms with Crippen LogP contribution in [-0.2, 0) is 20.7 Å². The summed E-state index contributed by atoms with van der Waals surface area (Å²) in [5.41, 5.74) is 0.328. The fourth-order valence-electron chi connectivity index (χ4n) is 4.42. The van der Waals surface area contributed by atoms with Crippen LogP contribution >= 0.6 is 0 Å². The van der Waals surface area contributed by atoms with Gasteiger partial charge in [-0.2, -0.15) is 0 Å². The third kappa shape index (κ3) is 12.9. The van der Waals surface area contributed by atoms with Crippen LogP contribution in [-0.4, -0.2) is 67.5 Å². The molecule has 9 heteroatoms. The molecule has 39 heavy (non-hydrogen) atoms. The zero-order valence-electron chi connectivity index (χ0n) is 25.3. The molecule has 1 aromatic rings. The Bertz CT molecular complexity index is 880. The van der Waals surface area contributed by atoms with Crippen molar-refractivity contribution in [2.45, 2.75) is 91.9 Å². The first kappa shape index (κ1) is 34.5. The van der Waals surface area contributed by atoms with E-state index in [0.717, 1.165) is 12.0 Å². The molecule has 0 spiro atoms. The third-order valence-corrected chi connectivity index (χ3v) is 6.76. The van der Waals surface area contributed by atoms with Crippen LogP contribution in [0.5, 0.6) is 11.5 Å². The van der Waals surface area contributed by atoms with Gasteiger partial charge in [-0.3, -0.25) is 4.79 Å². The molecule has 0 aliphatic heterocycles. The number of carboxylic acid groups (broad SMARTS) is 1. The maximum atomic E-state index is 12.7. The Morgan fingerprint density at radius 2 is 1.64 bits per heavy atom. The number of benzene rings is 1. The number of methoxy groups -OCH3 is 2. The minimum atomic E-state index is -1.06. The molecule has 0 bridgehead atoms. The number of hydrogen-bond donors (Lipinski definition) is 3. The van der Waals surface area contributed by atoms with E-state index in [2.05, 4.69) is 19.2 Å². The van der Waals surface area contributed by atoms with Gasteiger partial charge in [0.15, 0.2) is 11.5 Å². The summed E-state index contributed by atoms with van der Waals surface area (Å²) in [6.45, 7) is 14.2. The fraction of sp³-hybridized carbons (Fsp3) is 0.733. The first-order chi connectivity index (χ1) is 18.2. The van der Waals surface area contributed by atoms with Crippen molar-refractivity contribution in [2.24, 2.45) is 23.7 Å². The molecule has 0 radical (unpaired) electrons. The Labute approximate surface area is 234 Å². The summed E-state index contributed by atoms with van der Waals surface area (Å²) in [5.74, 6) is -0.285. The van der Waals surface area contributed by atoms with Gasteiger partial charge in [0.2, 0.25) is 0 Å². The highest BCUT2D eigenvalue weighted by molar-refractivity contribution is 5.70. The first-order valence-corrected chi connectivity index (χ1v) is 13.9. The number of carbonyl (C=O) groups is 2. The molecule has 0 fully saturated rings. The quantitative estimate of drug-likeness (QED) is 0.222. The molecule has 0 saturated carbocycles. The smallest absolute Gasteiger partial charge is 0.407 e. The van der Waals surface area contributed by atoms with Crippen molar-refractivity contribution in [1.82, 2.24) is 5.32 Å². The molecule has 4 atom stereocenters. The van der Waals surface area contributed by atoms with Crippen molar-refractivity contribution in [3.63, 3.8) is 0 Å². The van der Waals surface area contributed by atoms with Gasteiger partial charge in [0.25, 0.3) is 0 Å². The number of rotatable bonds is 17. The predicted molar refractivity (Wildman–Crippen MR) is 151 cm³/mol. The lowest BCUT2D eigenvalue weighted by atomic mass is 9.80. The number of aliphatic carboxylic acids is 1. The molecule has 0 aromatic heterocycles. The van der Waals surface area contributed by atoms with Crippen LogP contribution in [0, 0.1) is 23.7 Å². The number of carboxylic acids is 1. The van der Waals surface area contributed by atoms with E-state index in [0.29, 0.717) is 37.6 Å². The van der Waals surface area contributed by atoms with Crippen LogP contribution in [0.4, 0.5) is 4.79 Å². The van der Waals surface area contributed by atoms with Crippen molar-refractivity contribution in [2.75, 3.05) is 27.4 Å². The predicted octanol–water partition coefficient (Wildman–Crippen LogP) is 5.32. The lowest BCUT2D eigenvalue weighted by molar-refractivity contribution is -0.144. The summed E-state index contributed by atoms with van der Waals surface area (Å²) in [6.07, 6.45) is 0.197. The standard InChI is InChI=1S/C30H51NO8/c1-19(2)22(15-21-11-12-26(37-9)27(16-21)38-14-10-13-36-8)17-24(31-29(35)39-30(5,6)7)25(32)18-23(20(3)4)28(33)34/h11-12,16,19-20,22-25,32H,10,13-15,17-18H2,1-9H3,(H,31,35)(H,33,34)/t22-,23-,24?,25?/m0/s1. The van der Waals surface area contributed by atoms with Crippen LogP contribution in [0.3, 0.4) is 0 Å². The molecule has 2 unspecified atom stereocenters. The number of alkyl carbamates (subject to hydrolysis) is 1. The second-order valence-electron chi connectivity index (χ2n) is 11.9. The number of carbonyl (C=O) groups excluding carboxylic acids is 1. The van der Waals surface area contributed by atoms with Gasteiger partial charge in [-0.1, -0.05) is 33.8 Å². The SMILES string of the molecule is COCCCOc1cc(C[C@@H](CC(NC(=O)OC(C)(C)C)C(O)C[C@H](C(=O)O)C(C)C)C(C)C)ccc1OC. The zero-order chi connectivity index (χ0) is 29.8. The maximum Gasteiger partial charge on any atom is 0.407 e. The van der Waals surface area contributed by atoms with Gasteiger partial charge in [-0.15, -0.1) is 0 Å². The van der Waals surface area contributed by atoms with Crippen molar-refractivity contribution in [1.29, 1.82) is 0 Å².